The average Bonchev–Trinajstić information content (AvgIpc) is 2.92. The van der Waals surface area contributed by atoms with Gasteiger partial charge in [0.25, 0.3) is 0 Å². The summed E-state index contributed by atoms with van der Waals surface area (Å²) in [5.41, 5.74) is 3.44. The summed E-state index contributed by atoms with van der Waals surface area (Å²) in [5, 5.41) is 6.11. The first-order valence-corrected chi connectivity index (χ1v) is 7.57. The van der Waals surface area contributed by atoms with Gasteiger partial charge in [0.05, 0.1) is 0 Å². The molecule has 0 saturated heterocycles. The van der Waals surface area contributed by atoms with Gasteiger partial charge in [0, 0.05) is 19.2 Å². The van der Waals surface area contributed by atoms with E-state index in [0.717, 1.165) is 22.4 Å². The van der Waals surface area contributed by atoms with Crippen LogP contribution in [0.5, 0.6) is 0 Å². The van der Waals surface area contributed by atoms with Gasteiger partial charge in [-0.1, -0.05) is 30.3 Å². The number of anilines is 1. The number of nitrogens with one attached hydrogen (secondary N) is 2. The van der Waals surface area contributed by atoms with Crippen molar-refractivity contribution < 1.29 is 9.21 Å². The Morgan fingerprint density at radius 3 is 2.78 bits per heavy atom. The summed E-state index contributed by atoms with van der Waals surface area (Å²) in [6, 6.07) is 15.1. The van der Waals surface area contributed by atoms with Crippen LogP contribution in [0.2, 0.25) is 0 Å². The summed E-state index contributed by atoms with van der Waals surface area (Å²) in [4.78, 5) is 16.5. The molecule has 1 aromatic heterocycles. The van der Waals surface area contributed by atoms with E-state index in [0.29, 0.717) is 12.4 Å². The normalized spacial score (nSPS) is 12.1. The fraction of sp³-hybridized carbons (Fsp3) is 0.222. The maximum absolute atomic E-state index is 12.2. The quantitative estimate of drug-likeness (QED) is 0.759. The standard InChI is InChI=1S/C18H19N3O2/c1-12(18(22)19-11-14-6-4-3-5-7-14)20-15-8-9-17-16(10-15)21-13(2)23-17/h3-10,12,20H,11H2,1-2H3,(H,19,22)/t12-/m1/s1. The zero-order valence-corrected chi connectivity index (χ0v) is 13.2. The van der Waals surface area contributed by atoms with Gasteiger partial charge >= 0.3 is 0 Å². The van der Waals surface area contributed by atoms with Crippen molar-refractivity contribution in [3.8, 4) is 0 Å². The van der Waals surface area contributed by atoms with Crippen molar-refractivity contribution >= 4 is 22.7 Å². The highest BCUT2D eigenvalue weighted by Crippen LogP contribution is 2.20. The number of oxazole rings is 1. The molecule has 3 rings (SSSR count). The zero-order valence-electron chi connectivity index (χ0n) is 13.2. The second-order valence-corrected chi connectivity index (χ2v) is 5.48. The molecule has 0 aliphatic carbocycles. The van der Waals surface area contributed by atoms with Crippen molar-refractivity contribution in [2.75, 3.05) is 5.32 Å². The minimum atomic E-state index is -0.343. The summed E-state index contributed by atoms with van der Waals surface area (Å²) in [6.45, 7) is 4.17. The topological polar surface area (TPSA) is 67.2 Å². The van der Waals surface area contributed by atoms with Crippen LogP contribution in [0.25, 0.3) is 11.1 Å². The molecule has 5 nitrogen and oxygen atoms in total. The fourth-order valence-corrected chi connectivity index (χ4v) is 2.39. The number of carbonyl (C=O) groups excluding carboxylic acids is 1. The second kappa shape index (κ2) is 6.52. The van der Waals surface area contributed by atoms with Gasteiger partial charge in [-0.25, -0.2) is 4.98 Å². The molecule has 3 aromatic rings. The van der Waals surface area contributed by atoms with Gasteiger partial charge in [-0.2, -0.15) is 0 Å². The Morgan fingerprint density at radius 1 is 1.22 bits per heavy atom. The molecular weight excluding hydrogens is 290 g/mol. The molecule has 23 heavy (non-hydrogen) atoms. The first kappa shape index (κ1) is 15.1. The maximum Gasteiger partial charge on any atom is 0.242 e. The van der Waals surface area contributed by atoms with Crippen molar-refractivity contribution in [1.82, 2.24) is 10.3 Å². The Kier molecular flexibility index (Phi) is 4.28. The second-order valence-electron chi connectivity index (χ2n) is 5.48. The van der Waals surface area contributed by atoms with Gasteiger partial charge in [-0.15, -0.1) is 0 Å². The number of hydrogen-bond donors (Lipinski definition) is 2. The van der Waals surface area contributed by atoms with E-state index in [9.17, 15) is 4.79 Å². The van der Waals surface area contributed by atoms with E-state index in [-0.39, 0.29) is 11.9 Å². The molecule has 1 heterocycles. The highest BCUT2D eigenvalue weighted by Gasteiger charge is 2.13. The van der Waals surface area contributed by atoms with Crippen LogP contribution < -0.4 is 10.6 Å². The van der Waals surface area contributed by atoms with E-state index in [1.54, 1.807) is 0 Å². The first-order valence-electron chi connectivity index (χ1n) is 7.57. The summed E-state index contributed by atoms with van der Waals surface area (Å²) >= 11 is 0. The molecule has 0 saturated carbocycles. The number of fused-ring (bicyclic) bond motifs is 1. The van der Waals surface area contributed by atoms with Gasteiger partial charge in [0.2, 0.25) is 5.91 Å². The lowest BCUT2D eigenvalue weighted by Crippen LogP contribution is -2.37. The van der Waals surface area contributed by atoms with Crippen molar-refractivity contribution in [2.45, 2.75) is 26.4 Å². The van der Waals surface area contributed by atoms with Crippen LogP contribution in [-0.2, 0) is 11.3 Å². The Labute approximate surface area is 134 Å². The molecule has 1 atom stereocenters. The van der Waals surface area contributed by atoms with Crippen molar-refractivity contribution in [2.24, 2.45) is 0 Å². The number of nitrogens with zero attached hydrogens (tertiary/aromatic N) is 1. The summed E-state index contributed by atoms with van der Waals surface area (Å²) < 4.78 is 5.44. The minimum absolute atomic E-state index is 0.0507. The Bertz CT molecular complexity index is 812. The number of carbonyl (C=O) groups is 1. The number of hydrogen-bond acceptors (Lipinski definition) is 4. The largest absolute Gasteiger partial charge is 0.441 e. The molecule has 118 valence electrons. The average molecular weight is 309 g/mol. The van der Waals surface area contributed by atoms with E-state index in [1.165, 1.54) is 0 Å². The SMILES string of the molecule is Cc1nc2cc(N[C@H](C)C(=O)NCc3ccccc3)ccc2o1. The van der Waals surface area contributed by atoms with Gasteiger partial charge in [-0.05, 0) is 30.7 Å². The molecule has 0 aliphatic rings. The van der Waals surface area contributed by atoms with Crippen LogP contribution in [0.4, 0.5) is 5.69 Å². The zero-order chi connectivity index (χ0) is 16.2. The molecule has 0 fully saturated rings. The number of benzene rings is 2. The minimum Gasteiger partial charge on any atom is -0.441 e. The van der Waals surface area contributed by atoms with Crippen LogP contribution >= 0.6 is 0 Å². The lowest BCUT2D eigenvalue weighted by atomic mass is 10.2. The smallest absolute Gasteiger partial charge is 0.242 e. The summed E-state index contributed by atoms with van der Waals surface area (Å²) in [7, 11) is 0. The summed E-state index contributed by atoms with van der Waals surface area (Å²) in [5.74, 6) is 0.580. The lowest BCUT2D eigenvalue weighted by Gasteiger charge is -2.15. The van der Waals surface area contributed by atoms with Crippen LogP contribution in [0.15, 0.2) is 52.9 Å². The summed E-state index contributed by atoms with van der Waals surface area (Å²) in [6.07, 6.45) is 0. The molecular formula is C18H19N3O2. The van der Waals surface area contributed by atoms with E-state index in [2.05, 4.69) is 15.6 Å². The maximum atomic E-state index is 12.2. The predicted octanol–water partition coefficient (Wildman–Crippen LogP) is 3.25. The molecule has 0 bridgehead atoms. The number of rotatable bonds is 5. The van der Waals surface area contributed by atoms with Crippen molar-refractivity contribution in [3.63, 3.8) is 0 Å². The monoisotopic (exact) mass is 309 g/mol. The molecule has 2 N–H and O–H groups in total. The Morgan fingerprint density at radius 2 is 2.00 bits per heavy atom. The van der Waals surface area contributed by atoms with E-state index >= 15 is 0 Å². The number of aromatic nitrogens is 1. The van der Waals surface area contributed by atoms with Gasteiger partial charge in [0.15, 0.2) is 11.5 Å². The third-order valence-electron chi connectivity index (χ3n) is 3.58. The van der Waals surface area contributed by atoms with Crippen molar-refractivity contribution in [1.29, 1.82) is 0 Å². The van der Waals surface area contributed by atoms with Crippen LogP contribution in [0, 0.1) is 6.92 Å². The third kappa shape index (κ3) is 3.69. The Hall–Kier alpha value is -2.82. The van der Waals surface area contributed by atoms with E-state index in [1.807, 2.05) is 62.4 Å². The number of aryl methyl sites for hydroxylation is 1. The first-order chi connectivity index (χ1) is 11.1. The molecule has 1 amide bonds. The van der Waals surface area contributed by atoms with Crippen LogP contribution in [-0.4, -0.2) is 16.9 Å². The number of amides is 1. The van der Waals surface area contributed by atoms with E-state index < -0.39 is 0 Å². The van der Waals surface area contributed by atoms with Crippen LogP contribution in [0.1, 0.15) is 18.4 Å². The lowest BCUT2D eigenvalue weighted by molar-refractivity contribution is -0.121. The molecule has 0 spiro atoms. The third-order valence-corrected chi connectivity index (χ3v) is 3.58. The highest BCUT2D eigenvalue weighted by atomic mass is 16.3. The fourth-order valence-electron chi connectivity index (χ4n) is 2.39. The van der Waals surface area contributed by atoms with Gasteiger partial charge < -0.3 is 15.1 Å². The van der Waals surface area contributed by atoms with E-state index in [4.69, 9.17) is 4.42 Å². The van der Waals surface area contributed by atoms with Gasteiger partial charge in [-0.3, -0.25) is 4.79 Å². The molecule has 0 aliphatic heterocycles. The van der Waals surface area contributed by atoms with Crippen LogP contribution in [0.3, 0.4) is 0 Å². The predicted molar refractivity (Wildman–Crippen MR) is 90.1 cm³/mol. The Balaban J connectivity index is 1.60. The molecule has 0 radical (unpaired) electrons. The molecule has 2 aromatic carbocycles. The van der Waals surface area contributed by atoms with Gasteiger partial charge in [0.1, 0.15) is 11.6 Å². The highest BCUT2D eigenvalue weighted by molar-refractivity contribution is 5.85. The molecule has 5 heteroatoms. The van der Waals surface area contributed by atoms with Crippen molar-refractivity contribution in [3.05, 3.63) is 60.0 Å². The molecule has 0 unspecified atom stereocenters.